The number of hydrogen-bond acceptors (Lipinski definition) is 3. The van der Waals surface area contributed by atoms with Crippen LogP contribution in [0, 0.1) is 5.82 Å². The summed E-state index contributed by atoms with van der Waals surface area (Å²) in [5.74, 6) is -0.202. The Labute approximate surface area is 125 Å². The molecule has 1 saturated heterocycles. The first kappa shape index (κ1) is 15.9. The molecule has 4 nitrogen and oxygen atoms in total. The van der Waals surface area contributed by atoms with Crippen molar-refractivity contribution >= 4 is 5.91 Å². The molecular formula is C16H24FN3O. The highest BCUT2D eigenvalue weighted by Crippen LogP contribution is 2.09. The lowest BCUT2D eigenvalue weighted by Gasteiger charge is -2.34. The maximum atomic E-state index is 13.1. The first-order chi connectivity index (χ1) is 10.2. The van der Waals surface area contributed by atoms with Crippen LogP contribution in [-0.4, -0.2) is 55.0 Å². The SMILES string of the molecule is NCCCCN1CCN(C(=O)Cc2cccc(F)c2)CC1. The van der Waals surface area contributed by atoms with E-state index in [1.165, 1.54) is 12.1 Å². The number of rotatable bonds is 6. The Morgan fingerprint density at radius 2 is 1.95 bits per heavy atom. The molecule has 0 unspecified atom stereocenters. The van der Waals surface area contributed by atoms with Gasteiger partial charge in [-0.1, -0.05) is 12.1 Å². The summed E-state index contributed by atoms with van der Waals surface area (Å²) in [5.41, 5.74) is 6.23. The smallest absolute Gasteiger partial charge is 0.227 e. The second-order valence-corrected chi connectivity index (χ2v) is 5.52. The van der Waals surface area contributed by atoms with Crippen molar-refractivity contribution in [2.24, 2.45) is 5.73 Å². The van der Waals surface area contributed by atoms with Gasteiger partial charge in [0.2, 0.25) is 5.91 Å². The number of carbonyl (C=O) groups is 1. The van der Waals surface area contributed by atoms with E-state index in [0.717, 1.165) is 57.7 Å². The third-order valence-corrected chi connectivity index (χ3v) is 3.90. The Kier molecular flexibility index (Phi) is 6.14. The highest BCUT2D eigenvalue weighted by molar-refractivity contribution is 5.78. The first-order valence-corrected chi connectivity index (χ1v) is 7.63. The van der Waals surface area contributed by atoms with Gasteiger partial charge in [0.15, 0.2) is 0 Å². The van der Waals surface area contributed by atoms with Gasteiger partial charge in [-0.05, 0) is 43.6 Å². The van der Waals surface area contributed by atoms with Gasteiger partial charge in [0.05, 0.1) is 6.42 Å². The molecule has 1 aliphatic heterocycles. The van der Waals surface area contributed by atoms with Gasteiger partial charge < -0.3 is 10.6 Å². The number of halogens is 1. The molecule has 21 heavy (non-hydrogen) atoms. The third kappa shape index (κ3) is 5.10. The molecule has 1 aromatic carbocycles. The summed E-state index contributed by atoms with van der Waals surface area (Å²) in [6.07, 6.45) is 2.46. The van der Waals surface area contributed by atoms with Gasteiger partial charge in [-0.15, -0.1) is 0 Å². The van der Waals surface area contributed by atoms with E-state index >= 15 is 0 Å². The van der Waals surface area contributed by atoms with Crippen molar-refractivity contribution in [2.75, 3.05) is 39.3 Å². The summed E-state index contributed by atoms with van der Waals surface area (Å²) in [6.45, 7) is 5.15. The van der Waals surface area contributed by atoms with Crippen LogP contribution >= 0.6 is 0 Å². The van der Waals surface area contributed by atoms with Crippen molar-refractivity contribution in [1.29, 1.82) is 0 Å². The lowest BCUT2D eigenvalue weighted by atomic mass is 10.1. The predicted octanol–water partition coefficient (Wildman–Crippen LogP) is 1.25. The minimum absolute atomic E-state index is 0.0854. The van der Waals surface area contributed by atoms with Crippen molar-refractivity contribution in [1.82, 2.24) is 9.80 Å². The Hall–Kier alpha value is -1.46. The largest absolute Gasteiger partial charge is 0.340 e. The van der Waals surface area contributed by atoms with Crippen molar-refractivity contribution in [2.45, 2.75) is 19.3 Å². The fourth-order valence-corrected chi connectivity index (χ4v) is 2.63. The fourth-order valence-electron chi connectivity index (χ4n) is 2.63. The molecule has 5 heteroatoms. The van der Waals surface area contributed by atoms with Crippen LogP contribution in [0.3, 0.4) is 0 Å². The third-order valence-electron chi connectivity index (χ3n) is 3.90. The van der Waals surface area contributed by atoms with Gasteiger partial charge in [0.25, 0.3) is 0 Å². The summed E-state index contributed by atoms with van der Waals surface area (Å²) in [6, 6.07) is 6.27. The van der Waals surface area contributed by atoms with Gasteiger partial charge >= 0.3 is 0 Å². The second-order valence-electron chi connectivity index (χ2n) is 5.52. The van der Waals surface area contributed by atoms with E-state index in [1.54, 1.807) is 12.1 Å². The molecule has 1 heterocycles. The average Bonchev–Trinajstić information content (AvgIpc) is 2.48. The van der Waals surface area contributed by atoms with E-state index in [1.807, 2.05) is 4.90 Å². The predicted molar refractivity (Wildman–Crippen MR) is 81.4 cm³/mol. The normalized spacial score (nSPS) is 16.2. The molecule has 0 spiro atoms. The molecule has 116 valence electrons. The minimum atomic E-state index is -0.287. The highest BCUT2D eigenvalue weighted by Gasteiger charge is 2.20. The van der Waals surface area contributed by atoms with Crippen LogP contribution < -0.4 is 5.73 Å². The zero-order valence-electron chi connectivity index (χ0n) is 12.4. The monoisotopic (exact) mass is 293 g/mol. The van der Waals surface area contributed by atoms with Crippen LogP contribution in [0.4, 0.5) is 4.39 Å². The standard InChI is InChI=1S/C16H24FN3O/c17-15-5-3-4-14(12-15)13-16(21)20-10-8-19(9-11-20)7-2-1-6-18/h3-5,12H,1-2,6-11,13,18H2. The fraction of sp³-hybridized carbons (Fsp3) is 0.562. The number of unbranched alkanes of at least 4 members (excludes halogenated alkanes) is 1. The summed E-state index contributed by atoms with van der Waals surface area (Å²) in [5, 5.41) is 0. The zero-order chi connectivity index (χ0) is 15.1. The van der Waals surface area contributed by atoms with Crippen LogP contribution in [0.15, 0.2) is 24.3 Å². The lowest BCUT2D eigenvalue weighted by molar-refractivity contribution is -0.132. The van der Waals surface area contributed by atoms with Gasteiger partial charge in [0, 0.05) is 26.2 Å². The van der Waals surface area contributed by atoms with Crippen LogP contribution in [0.25, 0.3) is 0 Å². The van der Waals surface area contributed by atoms with Gasteiger partial charge in [-0.3, -0.25) is 9.69 Å². The first-order valence-electron chi connectivity index (χ1n) is 7.63. The van der Waals surface area contributed by atoms with Gasteiger partial charge in [-0.25, -0.2) is 4.39 Å². The molecule has 0 aliphatic carbocycles. The molecule has 2 rings (SSSR count). The topological polar surface area (TPSA) is 49.6 Å². The van der Waals surface area contributed by atoms with E-state index in [-0.39, 0.29) is 18.1 Å². The Bertz CT molecular complexity index is 459. The molecule has 0 saturated carbocycles. The maximum Gasteiger partial charge on any atom is 0.227 e. The van der Waals surface area contributed by atoms with Gasteiger partial charge in [0.1, 0.15) is 5.82 Å². The molecule has 2 N–H and O–H groups in total. The number of amides is 1. The van der Waals surface area contributed by atoms with Crippen molar-refractivity contribution in [3.63, 3.8) is 0 Å². The van der Waals surface area contributed by atoms with Gasteiger partial charge in [-0.2, -0.15) is 0 Å². The minimum Gasteiger partial charge on any atom is -0.340 e. The number of benzene rings is 1. The van der Waals surface area contributed by atoms with Crippen LogP contribution in [0.5, 0.6) is 0 Å². The molecule has 0 radical (unpaired) electrons. The number of hydrogen-bond donors (Lipinski definition) is 1. The quantitative estimate of drug-likeness (QED) is 0.803. The summed E-state index contributed by atoms with van der Waals surface area (Å²) in [4.78, 5) is 16.5. The molecule has 1 amide bonds. The summed E-state index contributed by atoms with van der Waals surface area (Å²) >= 11 is 0. The van der Waals surface area contributed by atoms with Crippen LogP contribution in [0.2, 0.25) is 0 Å². The number of piperazine rings is 1. The van der Waals surface area contributed by atoms with E-state index < -0.39 is 0 Å². The number of nitrogens with two attached hydrogens (primary N) is 1. The highest BCUT2D eigenvalue weighted by atomic mass is 19.1. The summed E-state index contributed by atoms with van der Waals surface area (Å²) < 4.78 is 13.1. The molecule has 1 aliphatic rings. The molecule has 1 aromatic rings. The van der Waals surface area contributed by atoms with E-state index in [2.05, 4.69) is 4.90 Å². The Morgan fingerprint density at radius 3 is 2.62 bits per heavy atom. The van der Waals surface area contributed by atoms with Crippen molar-refractivity contribution in [3.8, 4) is 0 Å². The van der Waals surface area contributed by atoms with E-state index in [9.17, 15) is 9.18 Å². The van der Waals surface area contributed by atoms with E-state index in [0.29, 0.717) is 0 Å². The molecule has 0 aromatic heterocycles. The lowest BCUT2D eigenvalue weighted by Crippen LogP contribution is -2.49. The summed E-state index contributed by atoms with van der Waals surface area (Å²) in [7, 11) is 0. The maximum absolute atomic E-state index is 13.1. The van der Waals surface area contributed by atoms with E-state index in [4.69, 9.17) is 5.73 Å². The molecular weight excluding hydrogens is 269 g/mol. The molecule has 0 atom stereocenters. The van der Waals surface area contributed by atoms with Crippen LogP contribution in [-0.2, 0) is 11.2 Å². The van der Waals surface area contributed by atoms with Crippen molar-refractivity contribution in [3.05, 3.63) is 35.6 Å². The molecule has 0 bridgehead atoms. The average molecular weight is 293 g/mol. The second kappa shape index (κ2) is 8.10. The zero-order valence-corrected chi connectivity index (χ0v) is 12.4. The number of nitrogens with zero attached hydrogens (tertiary/aromatic N) is 2. The Balaban J connectivity index is 1.75. The number of carbonyl (C=O) groups excluding carboxylic acids is 1. The van der Waals surface area contributed by atoms with Crippen LogP contribution in [0.1, 0.15) is 18.4 Å². The molecule has 1 fully saturated rings. The Morgan fingerprint density at radius 1 is 1.19 bits per heavy atom. The van der Waals surface area contributed by atoms with Crippen molar-refractivity contribution < 1.29 is 9.18 Å².